The topological polar surface area (TPSA) is 59.0 Å². The largest absolute Gasteiger partial charge is 0.336 e. The van der Waals surface area contributed by atoms with Gasteiger partial charge >= 0.3 is 6.03 Å². The van der Waals surface area contributed by atoms with E-state index in [1.807, 2.05) is 7.05 Å². The number of nitrogens with zero attached hydrogens (tertiary/aromatic N) is 2. The minimum absolute atomic E-state index is 0.381. The number of urea groups is 1. The molecular formula is C18H16ClFN4O. The van der Waals surface area contributed by atoms with Crippen molar-refractivity contribution < 1.29 is 9.18 Å². The van der Waals surface area contributed by atoms with Crippen molar-refractivity contribution in [3.63, 3.8) is 0 Å². The Balaban J connectivity index is 1.85. The Morgan fingerprint density at radius 2 is 2.04 bits per heavy atom. The summed E-state index contributed by atoms with van der Waals surface area (Å²) >= 11 is 5.92. The van der Waals surface area contributed by atoms with E-state index in [4.69, 9.17) is 11.6 Å². The third-order valence-corrected chi connectivity index (χ3v) is 3.89. The van der Waals surface area contributed by atoms with Crippen LogP contribution in [-0.4, -0.2) is 15.6 Å². The molecule has 2 aromatic carbocycles. The van der Waals surface area contributed by atoms with Crippen LogP contribution in [0.15, 0.2) is 60.9 Å². The third-order valence-electron chi connectivity index (χ3n) is 3.66. The number of anilines is 1. The first-order valence-corrected chi connectivity index (χ1v) is 7.96. The zero-order valence-electron chi connectivity index (χ0n) is 13.4. The van der Waals surface area contributed by atoms with Crippen LogP contribution in [0.2, 0.25) is 5.02 Å². The van der Waals surface area contributed by atoms with E-state index in [1.165, 1.54) is 12.1 Å². The van der Waals surface area contributed by atoms with Crippen molar-refractivity contribution in [3.8, 4) is 0 Å². The Morgan fingerprint density at radius 3 is 2.72 bits per heavy atom. The van der Waals surface area contributed by atoms with Gasteiger partial charge in [-0.25, -0.2) is 14.2 Å². The first kappa shape index (κ1) is 17.0. The van der Waals surface area contributed by atoms with Crippen LogP contribution in [0.3, 0.4) is 0 Å². The molecule has 1 unspecified atom stereocenters. The molecule has 2 amide bonds. The summed E-state index contributed by atoms with van der Waals surface area (Å²) in [5.74, 6) is 0.209. The second-order valence-electron chi connectivity index (χ2n) is 5.49. The van der Waals surface area contributed by atoms with E-state index in [2.05, 4.69) is 15.6 Å². The molecule has 0 aliphatic carbocycles. The SMILES string of the molecule is Cn1ccnc1C(NC(=O)Nc1cccc(Cl)c1)c1cccc(F)c1. The number of hydrogen-bond donors (Lipinski definition) is 2. The van der Waals surface area contributed by atoms with Gasteiger partial charge in [0.05, 0.1) is 0 Å². The van der Waals surface area contributed by atoms with E-state index >= 15 is 0 Å². The number of aromatic nitrogens is 2. The summed E-state index contributed by atoms with van der Waals surface area (Å²) in [5, 5.41) is 6.06. The normalized spacial score (nSPS) is 11.8. The molecule has 1 atom stereocenters. The lowest BCUT2D eigenvalue weighted by molar-refractivity contribution is 0.249. The fourth-order valence-electron chi connectivity index (χ4n) is 2.50. The van der Waals surface area contributed by atoms with Crippen LogP contribution in [0.25, 0.3) is 0 Å². The molecule has 1 heterocycles. The number of imidazole rings is 1. The van der Waals surface area contributed by atoms with Crippen LogP contribution in [0.5, 0.6) is 0 Å². The standard InChI is InChI=1S/C18H16ClFN4O/c1-24-9-8-21-17(24)16(12-4-2-6-14(20)10-12)23-18(25)22-15-7-3-5-13(19)11-15/h2-11,16H,1H3,(H2,22,23,25). The first-order valence-electron chi connectivity index (χ1n) is 7.59. The van der Waals surface area contributed by atoms with Crippen molar-refractivity contribution in [2.75, 3.05) is 5.32 Å². The first-order chi connectivity index (χ1) is 12.0. The molecule has 128 valence electrons. The summed E-state index contributed by atoms with van der Waals surface area (Å²) in [6.07, 6.45) is 3.39. The lowest BCUT2D eigenvalue weighted by atomic mass is 10.1. The molecule has 5 nitrogen and oxygen atoms in total. The van der Waals surface area contributed by atoms with Gasteiger partial charge in [0.2, 0.25) is 0 Å². The van der Waals surface area contributed by atoms with Gasteiger partial charge in [0.15, 0.2) is 0 Å². The Bertz CT molecular complexity index is 896. The van der Waals surface area contributed by atoms with Gasteiger partial charge in [-0.05, 0) is 35.9 Å². The maximum Gasteiger partial charge on any atom is 0.320 e. The van der Waals surface area contributed by atoms with E-state index < -0.39 is 12.1 Å². The molecule has 1 aromatic heterocycles. The molecule has 25 heavy (non-hydrogen) atoms. The number of amides is 2. The minimum atomic E-state index is -0.602. The molecule has 0 saturated carbocycles. The lowest BCUT2D eigenvalue weighted by Gasteiger charge is -2.19. The van der Waals surface area contributed by atoms with E-state index in [1.54, 1.807) is 53.4 Å². The lowest BCUT2D eigenvalue weighted by Crippen LogP contribution is -2.34. The number of hydrogen-bond acceptors (Lipinski definition) is 2. The molecule has 0 spiro atoms. The summed E-state index contributed by atoms with van der Waals surface area (Å²) in [5.41, 5.74) is 1.15. The van der Waals surface area contributed by atoms with E-state index in [9.17, 15) is 9.18 Å². The number of benzene rings is 2. The zero-order chi connectivity index (χ0) is 17.8. The molecule has 0 fully saturated rings. The minimum Gasteiger partial charge on any atom is -0.336 e. The maximum absolute atomic E-state index is 13.6. The van der Waals surface area contributed by atoms with Crippen molar-refractivity contribution in [1.82, 2.24) is 14.9 Å². The summed E-state index contributed by atoms with van der Waals surface area (Å²) in [7, 11) is 1.81. The summed E-state index contributed by atoms with van der Waals surface area (Å²) in [6.45, 7) is 0. The van der Waals surface area contributed by atoms with Gasteiger partial charge in [-0.15, -0.1) is 0 Å². The van der Waals surface area contributed by atoms with Gasteiger partial charge in [0.25, 0.3) is 0 Å². The number of carbonyl (C=O) groups is 1. The van der Waals surface area contributed by atoms with Crippen molar-refractivity contribution >= 4 is 23.3 Å². The second kappa shape index (κ2) is 7.36. The monoisotopic (exact) mass is 358 g/mol. The van der Waals surface area contributed by atoms with Crippen molar-refractivity contribution in [2.45, 2.75) is 6.04 Å². The molecular weight excluding hydrogens is 343 g/mol. The smallest absolute Gasteiger partial charge is 0.320 e. The predicted octanol–water partition coefficient (Wildman–Crippen LogP) is 4.12. The highest BCUT2D eigenvalue weighted by atomic mass is 35.5. The molecule has 0 aliphatic rings. The van der Waals surface area contributed by atoms with E-state index in [0.29, 0.717) is 22.1 Å². The number of nitrogens with one attached hydrogen (secondary N) is 2. The molecule has 2 N–H and O–H groups in total. The highest BCUT2D eigenvalue weighted by molar-refractivity contribution is 6.30. The summed E-state index contributed by atoms with van der Waals surface area (Å²) < 4.78 is 15.4. The Labute approximate surface area is 149 Å². The number of rotatable bonds is 4. The van der Waals surface area contributed by atoms with Crippen LogP contribution < -0.4 is 10.6 Å². The molecule has 0 saturated heterocycles. The van der Waals surface area contributed by atoms with Crippen LogP contribution in [0.1, 0.15) is 17.4 Å². The van der Waals surface area contributed by atoms with Gasteiger partial charge < -0.3 is 15.2 Å². The molecule has 3 aromatic rings. The zero-order valence-corrected chi connectivity index (χ0v) is 14.2. The molecule has 3 rings (SSSR count). The third kappa shape index (κ3) is 4.16. The second-order valence-corrected chi connectivity index (χ2v) is 5.93. The Hall–Kier alpha value is -2.86. The summed E-state index contributed by atoms with van der Waals surface area (Å²) in [4.78, 5) is 16.7. The fourth-order valence-corrected chi connectivity index (χ4v) is 2.69. The fraction of sp³-hybridized carbons (Fsp3) is 0.111. The number of halogens is 2. The van der Waals surface area contributed by atoms with Crippen LogP contribution in [-0.2, 0) is 7.05 Å². The number of carbonyl (C=O) groups excluding carboxylic acids is 1. The van der Waals surface area contributed by atoms with Gasteiger partial charge in [0.1, 0.15) is 17.7 Å². The Morgan fingerprint density at radius 1 is 1.24 bits per heavy atom. The van der Waals surface area contributed by atoms with Gasteiger partial charge in [-0.3, -0.25) is 0 Å². The van der Waals surface area contributed by atoms with Crippen LogP contribution in [0.4, 0.5) is 14.9 Å². The van der Waals surface area contributed by atoms with Crippen molar-refractivity contribution in [2.24, 2.45) is 7.05 Å². The van der Waals surface area contributed by atoms with Gasteiger partial charge in [-0.2, -0.15) is 0 Å². The molecule has 0 radical (unpaired) electrons. The average molecular weight is 359 g/mol. The van der Waals surface area contributed by atoms with Crippen molar-refractivity contribution in [3.05, 3.63) is 83.2 Å². The molecule has 0 aliphatic heterocycles. The summed E-state index contributed by atoms with van der Waals surface area (Å²) in [6, 6.07) is 11.8. The molecule has 7 heteroatoms. The Kier molecular flexibility index (Phi) is 5.00. The predicted molar refractivity (Wildman–Crippen MR) is 95.1 cm³/mol. The van der Waals surface area contributed by atoms with E-state index in [0.717, 1.165) is 0 Å². The highest BCUT2D eigenvalue weighted by Crippen LogP contribution is 2.22. The van der Waals surface area contributed by atoms with E-state index in [-0.39, 0.29) is 5.82 Å². The molecule has 0 bridgehead atoms. The van der Waals surface area contributed by atoms with Gasteiger partial charge in [0, 0.05) is 30.2 Å². The number of aryl methyl sites for hydroxylation is 1. The average Bonchev–Trinajstić information content (AvgIpc) is 2.98. The van der Waals surface area contributed by atoms with Crippen LogP contribution >= 0.6 is 11.6 Å². The van der Waals surface area contributed by atoms with Crippen LogP contribution in [0, 0.1) is 5.82 Å². The maximum atomic E-state index is 13.6. The van der Waals surface area contributed by atoms with Crippen molar-refractivity contribution in [1.29, 1.82) is 0 Å². The van der Waals surface area contributed by atoms with Gasteiger partial charge in [-0.1, -0.05) is 29.8 Å². The quantitative estimate of drug-likeness (QED) is 0.737. The highest BCUT2D eigenvalue weighted by Gasteiger charge is 2.21.